The molecule has 5 rings (SSSR count). The summed E-state index contributed by atoms with van der Waals surface area (Å²) in [5.41, 5.74) is 2.42. The van der Waals surface area contributed by atoms with Crippen molar-refractivity contribution < 1.29 is 13.8 Å². The highest BCUT2D eigenvalue weighted by Gasteiger charge is 2.21. The van der Waals surface area contributed by atoms with Crippen LogP contribution in [0, 0.1) is 5.82 Å². The first-order chi connectivity index (χ1) is 14.3. The lowest BCUT2D eigenvalue weighted by molar-refractivity contribution is 0.106. The van der Waals surface area contributed by atoms with Gasteiger partial charge in [-0.15, -0.1) is 0 Å². The second kappa shape index (κ2) is 7.71. The fourth-order valence-corrected chi connectivity index (χ4v) is 3.80. The van der Waals surface area contributed by atoms with Crippen LogP contribution in [-0.4, -0.2) is 59.1 Å². The van der Waals surface area contributed by atoms with Crippen LogP contribution in [-0.2, 0) is 0 Å². The number of aromatic nitrogens is 3. The van der Waals surface area contributed by atoms with Crippen LogP contribution in [0.5, 0.6) is 0 Å². The van der Waals surface area contributed by atoms with Gasteiger partial charge >= 0.3 is 0 Å². The zero-order chi connectivity index (χ0) is 19.6. The number of benzene rings is 2. The Balaban J connectivity index is 1.11. The first-order valence-electron chi connectivity index (χ1n) is 9.85. The van der Waals surface area contributed by atoms with E-state index in [1.165, 1.54) is 12.1 Å². The third-order valence-corrected chi connectivity index (χ3v) is 5.36. The molecule has 0 atom stereocenters. The van der Waals surface area contributed by atoms with Crippen molar-refractivity contribution in [3.05, 3.63) is 54.6 Å². The number of nitrogens with zero attached hydrogens (tertiary/aromatic N) is 5. The number of hydrogen-bond donors (Lipinski definition) is 0. The van der Waals surface area contributed by atoms with E-state index < -0.39 is 0 Å². The molecule has 7 nitrogen and oxygen atoms in total. The highest BCUT2D eigenvalue weighted by Crippen LogP contribution is 2.27. The molecule has 0 unspecified atom stereocenters. The van der Waals surface area contributed by atoms with Crippen LogP contribution in [0.2, 0.25) is 0 Å². The van der Waals surface area contributed by atoms with E-state index in [2.05, 4.69) is 19.9 Å². The molecular formula is C21H22FN5O2. The van der Waals surface area contributed by atoms with Crippen molar-refractivity contribution in [1.82, 2.24) is 19.8 Å². The molecule has 1 aliphatic heterocycles. The molecule has 0 amide bonds. The highest BCUT2D eigenvalue weighted by atomic mass is 19.1. The van der Waals surface area contributed by atoms with Crippen LogP contribution in [0.15, 0.2) is 53.3 Å². The Bertz CT molecular complexity index is 1120. The van der Waals surface area contributed by atoms with Gasteiger partial charge in [0.1, 0.15) is 24.3 Å². The second-order valence-electron chi connectivity index (χ2n) is 7.22. The summed E-state index contributed by atoms with van der Waals surface area (Å²) >= 11 is 0. The lowest BCUT2D eigenvalue weighted by Crippen LogP contribution is -2.47. The molecule has 0 saturated carbocycles. The van der Waals surface area contributed by atoms with Crippen molar-refractivity contribution in [2.24, 2.45) is 0 Å². The molecule has 0 bridgehead atoms. The predicted octanol–water partition coefficient (Wildman–Crippen LogP) is 2.96. The van der Waals surface area contributed by atoms with Crippen molar-refractivity contribution >= 4 is 27.8 Å². The van der Waals surface area contributed by atoms with Crippen LogP contribution in [0.3, 0.4) is 0 Å². The highest BCUT2D eigenvalue weighted by molar-refractivity contribution is 5.88. The van der Waals surface area contributed by atoms with Gasteiger partial charge in [-0.1, -0.05) is 17.3 Å². The van der Waals surface area contributed by atoms with E-state index in [1.807, 2.05) is 24.3 Å². The van der Waals surface area contributed by atoms with Gasteiger partial charge in [0.25, 0.3) is 0 Å². The van der Waals surface area contributed by atoms with Gasteiger partial charge in [0.15, 0.2) is 11.4 Å². The minimum absolute atomic E-state index is 0.309. The molecule has 0 N–H and O–H groups in total. The third-order valence-electron chi connectivity index (χ3n) is 5.36. The van der Waals surface area contributed by atoms with Gasteiger partial charge in [0, 0.05) is 38.8 Å². The van der Waals surface area contributed by atoms with Crippen LogP contribution >= 0.6 is 0 Å². The largest absolute Gasteiger partial charge is 0.412 e. The monoisotopic (exact) mass is 395 g/mol. The van der Waals surface area contributed by atoms with E-state index >= 15 is 0 Å². The number of fused-ring (bicyclic) bond motifs is 2. The summed E-state index contributed by atoms with van der Waals surface area (Å²) in [6, 6.07) is 12.5. The van der Waals surface area contributed by atoms with Gasteiger partial charge in [-0.3, -0.25) is 4.90 Å². The summed E-state index contributed by atoms with van der Waals surface area (Å²) < 4.78 is 20.4. The smallest absolute Gasteiger partial charge is 0.180 e. The summed E-state index contributed by atoms with van der Waals surface area (Å²) in [7, 11) is 0. The average Bonchev–Trinajstić information content (AvgIpc) is 3.35. The number of rotatable bonds is 6. The maximum atomic E-state index is 13.3. The first kappa shape index (κ1) is 17.9. The Kier molecular flexibility index (Phi) is 4.77. The quantitative estimate of drug-likeness (QED) is 0.468. The SMILES string of the molecule is Fc1ccc2c(N3CCN(CCCOn4cnc5ccccc54)CC3)noc2c1. The maximum Gasteiger partial charge on any atom is 0.180 e. The molecule has 2 aromatic heterocycles. The molecule has 1 saturated heterocycles. The second-order valence-corrected chi connectivity index (χ2v) is 7.22. The number of imidazole rings is 1. The Morgan fingerprint density at radius 3 is 2.83 bits per heavy atom. The van der Waals surface area contributed by atoms with E-state index in [0.29, 0.717) is 12.2 Å². The van der Waals surface area contributed by atoms with E-state index in [0.717, 1.165) is 61.4 Å². The maximum absolute atomic E-state index is 13.3. The van der Waals surface area contributed by atoms with Gasteiger partial charge in [-0.25, -0.2) is 9.37 Å². The molecule has 1 fully saturated rings. The van der Waals surface area contributed by atoms with Crippen molar-refractivity contribution in [3.8, 4) is 0 Å². The summed E-state index contributed by atoms with van der Waals surface area (Å²) in [6.07, 6.45) is 2.66. The first-order valence-corrected chi connectivity index (χ1v) is 9.85. The Hall–Kier alpha value is -3.13. The standard InChI is InChI=1S/C21H22FN5O2/c22-16-6-7-17-20(14-16)29-24-21(17)26-11-9-25(10-12-26)8-3-13-28-27-15-23-18-4-1-2-5-19(18)27/h1-2,4-7,14-15H,3,8-13H2. The molecule has 4 aromatic rings. The third kappa shape index (κ3) is 3.63. The van der Waals surface area contributed by atoms with E-state index in [4.69, 9.17) is 9.36 Å². The minimum atomic E-state index is -0.309. The van der Waals surface area contributed by atoms with Gasteiger partial charge in [-0.2, -0.15) is 4.73 Å². The lowest BCUT2D eigenvalue weighted by Gasteiger charge is -2.34. The van der Waals surface area contributed by atoms with Crippen molar-refractivity contribution in [2.75, 3.05) is 44.2 Å². The van der Waals surface area contributed by atoms with Gasteiger partial charge in [0.2, 0.25) is 0 Å². The van der Waals surface area contributed by atoms with Crippen LogP contribution < -0.4 is 9.74 Å². The van der Waals surface area contributed by atoms with Gasteiger partial charge in [-0.05, 0) is 30.7 Å². The summed E-state index contributed by atoms with van der Waals surface area (Å²) in [6.45, 7) is 5.25. The lowest BCUT2D eigenvalue weighted by atomic mass is 10.2. The number of halogens is 1. The molecule has 0 aliphatic carbocycles. The molecule has 29 heavy (non-hydrogen) atoms. The zero-order valence-corrected chi connectivity index (χ0v) is 16.0. The number of hydrogen-bond acceptors (Lipinski definition) is 6. The van der Waals surface area contributed by atoms with Gasteiger partial charge < -0.3 is 14.3 Å². The zero-order valence-electron chi connectivity index (χ0n) is 16.0. The van der Waals surface area contributed by atoms with Crippen molar-refractivity contribution in [2.45, 2.75) is 6.42 Å². The minimum Gasteiger partial charge on any atom is -0.412 e. The van der Waals surface area contributed by atoms with Crippen LogP contribution in [0.25, 0.3) is 22.0 Å². The molecule has 150 valence electrons. The topological polar surface area (TPSA) is 59.6 Å². The Morgan fingerprint density at radius 2 is 1.93 bits per heavy atom. The fraction of sp³-hybridized carbons (Fsp3) is 0.333. The van der Waals surface area contributed by atoms with Crippen LogP contribution in [0.1, 0.15) is 6.42 Å². The van der Waals surface area contributed by atoms with Crippen molar-refractivity contribution in [1.29, 1.82) is 0 Å². The average molecular weight is 395 g/mol. The number of anilines is 1. The molecule has 2 aromatic carbocycles. The predicted molar refractivity (Wildman–Crippen MR) is 108 cm³/mol. The molecule has 8 heteroatoms. The summed E-state index contributed by atoms with van der Waals surface area (Å²) in [5, 5.41) is 5.01. The van der Waals surface area contributed by atoms with E-state index in [-0.39, 0.29) is 5.82 Å². The van der Waals surface area contributed by atoms with E-state index in [1.54, 1.807) is 17.1 Å². The number of para-hydroxylation sites is 2. The molecular weight excluding hydrogens is 373 g/mol. The van der Waals surface area contributed by atoms with Crippen molar-refractivity contribution in [3.63, 3.8) is 0 Å². The summed E-state index contributed by atoms with van der Waals surface area (Å²) in [4.78, 5) is 14.8. The van der Waals surface area contributed by atoms with Gasteiger partial charge in [0.05, 0.1) is 10.9 Å². The number of piperazine rings is 1. The Morgan fingerprint density at radius 1 is 1.07 bits per heavy atom. The van der Waals surface area contributed by atoms with Crippen LogP contribution in [0.4, 0.5) is 10.2 Å². The molecule has 0 radical (unpaired) electrons. The molecule has 1 aliphatic rings. The fourth-order valence-electron chi connectivity index (χ4n) is 3.80. The molecule has 0 spiro atoms. The van der Waals surface area contributed by atoms with E-state index in [9.17, 15) is 4.39 Å². The summed E-state index contributed by atoms with van der Waals surface area (Å²) in [5.74, 6) is 0.492. The Labute approximate surface area is 167 Å². The normalized spacial score (nSPS) is 15.4. The molecule has 3 heterocycles.